The Bertz CT molecular complexity index is 464. The van der Waals surface area contributed by atoms with Crippen LogP contribution in [0.4, 0.5) is 0 Å². The first-order valence-corrected chi connectivity index (χ1v) is 4.65. The number of ketones is 2. The first kappa shape index (κ1) is 20.5. The number of carbonyl (C=O) groups is 2. The SMILES string of the molecule is N=S(=O)=O.O=C1C=CC=CC1=O.[N-]=[N+]=[N-].[N-]=[N+]=[N-]. The zero-order valence-corrected chi connectivity index (χ0v) is 9.35. The first-order chi connectivity index (χ1) is 8.37. The average molecular weight is 271 g/mol. The molecule has 18 heavy (non-hydrogen) atoms. The molecule has 0 aromatic carbocycles. The molecule has 12 heteroatoms. The molecular formula is C6H5N7O4S-2. The van der Waals surface area contributed by atoms with E-state index < -0.39 is 22.1 Å². The van der Waals surface area contributed by atoms with E-state index >= 15 is 0 Å². The van der Waals surface area contributed by atoms with Crippen LogP contribution in [0.1, 0.15) is 0 Å². The van der Waals surface area contributed by atoms with E-state index in [0.29, 0.717) is 0 Å². The second-order valence-electron chi connectivity index (χ2n) is 1.86. The van der Waals surface area contributed by atoms with Crippen molar-refractivity contribution in [2.45, 2.75) is 0 Å². The van der Waals surface area contributed by atoms with Gasteiger partial charge in [-0.25, -0.2) is 0 Å². The molecule has 1 aliphatic rings. The second-order valence-corrected chi connectivity index (χ2v) is 2.33. The van der Waals surface area contributed by atoms with Crippen molar-refractivity contribution in [3.8, 4) is 0 Å². The lowest BCUT2D eigenvalue weighted by molar-refractivity contribution is -0.131. The standard InChI is InChI=1S/C6H4O2.2N3.HNO2S/c7-5-3-1-2-4-6(5)8;2*1-3-2;1-4(2)3/h1-4H;;;1H/q;2*-1;. The minimum Gasteiger partial charge on any atom is -0.373 e. The van der Waals surface area contributed by atoms with Crippen molar-refractivity contribution >= 4 is 22.1 Å². The zero-order chi connectivity index (χ0) is 15.0. The van der Waals surface area contributed by atoms with Gasteiger partial charge in [0.15, 0.2) is 0 Å². The summed E-state index contributed by atoms with van der Waals surface area (Å²) >= 11 is 0. The Morgan fingerprint density at radius 3 is 1.17 bits per heavy atom. The van der Waals surface area contributed by atoms with Gasteiger partial charge < -0.3 is 22.1 Å². The van der Waals surface area contributed by atoms with Gasteiger partial charge >= 0.3 is 10.5 Å². The van der Waals surface area contributed by atoms with Gasteiger partial charge in [0.1, 0.15) is 0 Å². The molecule has 1 aliphatic carbocycles. The quantitative estimate of drug-likeness (QED) is 0.228. The molecule has 0 aromatic rings. The van der Waals surface area contributed by atoms with Gasteiger partial charge in [-0.2, -0.15) is 13.2 Å². The smallest absolute Gasteiger partial charge is 0.308 e. The lowest BCUT2D eigenvalue weighted by atomic mass is 10.1. The van der Waals surface area contributed by atoms with Crippen LogP contribution in [-0.4, -0.2) is 20.0 Å². The van der Waals surface area contributed by atoms with E-state index in [0.717, 1.165) is 0 Å². The maximum absolute atomic E-state index is 10.3. The van der Waals surface area contributed by atoms with Crippen LogP contribution in [0.3, 0.4) is 0 Å². The predicted molar refractivity (Wildman–Crippen MR) is 60.1 cm³/mol. The number of hydrogen-bond acceptors (Lipinski definition) is 5. The Balaban J connectivity index is -0.000000192. The number of carbonyl (C=O) groups excluding carboxylic acids is 2. The van der Waals surface area contributed by atoms with Gasteiger partial charge in [-0.05, 0) is 12.2 Å². The third kappa shape index (κ3) is 29.2. The van der Waals surface area contributed by atoms with Crippen LogP contribution in [0.5, 0.6) is 0 Å². The van der Waals surface area contributed by atoms with Crippen molar-refractivity contribution in [2.75, 3.05) is 0 Å². The van der Waals surface area contributed by atoms with Gasteiger partial charge in [0.25, 0.3) is 0 Å². The summed E-state index contributed by atoms with van der Waals surface area (Å²) in [5.41, 5.74) is 27.0. The fourth-order valence-corrected chi connectivity index (χ4v) is 0.450. The number of hydrogen-bond donors (Lipinski definition) is 1. The highest BCUT2D eigenvalue weighted by Gasteiger charge is 2.06. The maximum atomic E-state index is 10.3. The summed E-state index contributed by atoms with van der Waals surface area (Å²) in [5.74, 6) is -0.875. The second kappa shape index (κ2) is 16.5. The van der Waals surface area contributed by atoms with Crippen LogP contribution in [0.2, 0.25) is 0 Å². The molecule has 96 valence electrons. The topological polar surface area (TPSA) is 210 Å². The fraction of sp³-hybridized carbons (Fsp3) is 0. The van der Waals surface area contributed by atoms with E-state index in [1.807, 2.05) is 0 Å². The molecule has 1 rings (SSSR count). The van der Waals surface area contributed by atoms with Gasteiger partial charge in [0, 0.05) is 0 Å². The number of rotatable bonds is 0. The minimum atomic E-state index is -2.61. The van der Waals surface area contributed by atoms with Crippen LogP contribution in [0, 0.1) is 4.78 Å². The Morgan fingerprint density at radius 1 is 0.889 bits per heavy atom. The third-order valence-corrected chi connectivity index (χ3v) is 0.849. The summed E-state index contributed by atoms with van der Waals surface area (Å²) in [6, 6.07) is 0. The highest BCUT2D eigenvalue weighted by Crippen LogP contribution is 1.90. The van der Waals surface area contributed by atoms with Crippen LogP contribution in [-0.2, 0) is 20.1 Å². The highest BCUT2D eigenvalue weighted by atomic mass is 32.2. The summed E-state index contributed by atoms with van der Waals surface area (Å²) in [5, 5.41) is 0. The summed E-state index contributed by atoms with van der Waals surface area (Å²) in [6.45, 7) is 0. The molecule has 0 aromatic heterocycles. The minimum absolute atomic E-state index is 0.437. The highest BCUT2D eigenvalue weighted by molar-refractivity contribution is 7.60. The lowest BCUT2D eigenvalue weighted by Gasteiger charge is -1.88. The van der Waals surface area contributed by atoms with Crippen LogP contribution < -0.4 is 0 Å². The first-order valence-electron chi connectivity index (χ1n) is 3.57. The Morgan fingerprint density at radius 2 is 1.06 bits per heavy atom. The van der Waals surface area contributed by atoms with Gasteiger partial charge in [-0.1, -0.05) is 12.2 Å². The van der Waals surface area contributed by atoms with E-state index in [1.165, 1.54) is 22.0 Å². The summed E-state index contributed by atoms with van der Waals surface area (Å²) in [4.78, 5) is 23.6. The van der Waals surface area contributed by atoms with Crippen molar-refractivity contribution in [2.24, 2.45) is 0 Å². The maximum Gasteiger partial charge on any atom is 0.308 e. The van der Waals surface area contributed by atoms with Gasteiger partial charge in [0.05, 0.1) is 0 Å². The number of nitrogens with zero attached hydrogens (tertiary/aromatic N) is 6. The van der Waals surface area contributed by atoms with E-state index in [4.69, 9.17) is 35.3 Å². The monoisotopic (exact) mass is 271 g/mol. The molecule has 11 nitrogen and oxygen atoms in total. The molecule has 0 aliphatic heterocycles. The van der Waals surface area contributed by atoms with E-state index in [2.05, 4.69) is 0 Å². The summed E-state index contributed by atoms with van der Waals surface area (Å²) < 4.78 is 22.8. The number of nitrogens with one attached hydrogen (secondary N) is 1. The molecule has 0 amide bonds. The molecule has 0 fully saturated rings. The fourth-order valence-electron chi connectivity index (χ4n) is 0.450. The predicted octanol–water partition coefficient (Wildman–Crippen LogP) is 1.61. The summed E-state index contributed by atoms with van der Waals surface area (Å²) in [6.07, 6.45) is 5.60. The Kier molecular flexibility index (Phi) is 18.8. The molecule has 0 atom stereocenters. The van der Waals surface area contributed by atoms with Crippen molar-refractivity contribution in [3.63, 3.8) is 0 Å². The van der Waals surface area contributed by atoms with E-state index in [9.17, 15) is 9.59 Å². The summed E-state index contributed by atoms with van der Waals surface area (Å²) in [7, 11) is -2.61. The normalized spacial score (nSPS) is 10.0. The molecule has 1 N–H and O–H groups in total. The molecule has 0 saturated carbocycles. The molecule has 0 unspecified atom stereocenters. The molecular weight excluding hydrogens is 266 g/mol. The largest absolute Gasteiger partial charge is 0.373 e. The van der Waals surface area contributed by atoms with Crippen LogP contribution >= 0.6 is 0 Å². The Hall–Kier alpha value is -2.94. The molecule has 0 radical (unpaired) electrons. The van der Waals surface area contributed by atoms with E-state index in [1.54, 1.807) is 12.2 Å². The van der Waals surface area contributed by atoms with Crippen LogP contribution in [0.15, 0.2) is 24.3 Å². The van der Waals surface area contributed by atoms with Gasteiger partial charge in [-0.15, -0.1) is 0 Å². The van der Waals surface area contributed by atoms with Crippen molar-refractivity contribution in [1.82, 2.24) is 0 Å². The van der Waals surface area contributed by atoms with E-state index in [-0.39, 0.29) is 0 Å². The van der Waals surface area contributed by atoms with Gasteiger partial charge in [0.2, 0.25) is 11.6 Å². The van der Waals surface area contributed by atoms with Crippen molar-refractivity contribution in [1.29, 1.82) is 4.78 Å². The lowest BCUT2D eigenvalue weighted by Crippen LogP contribution is -2.08. The Labute approximate surface area is 102 Å². The molecule has 0 saturated heterocycles. The average Bonchev–Trinajstić information content (AvgIpc) is 2.24. The van der Waals surface area contributed by atoms with Crippen LogP contribution in [0.25, 0.3) is 31.9 Å². The molecule has 0 heterocycles. The number of allylic oxidation sites excluding steroid dienone is 4. The zero-order valence-electron chi connectivity index (χ0n) is 8.53. The third-order valence-electron chi connectivity index (χ3n) is 0.849. The van der Waals surface area contributed by atoms with Crippen molar-refractivity contribution < 1.29 is 18.0 Å². The van der Waals surface area contributed by atoms with Gasteiger partial charge in [-0.3, -0.25) is 19.4 Å². The molecule has 0 bridgehead atoms. The van der Waals surface area contributed by atoms with Crippen molar-refractivity contribution in [3.05, 3.63) is 56.3 Å². The molecule has 0 spiro atoms.